The fourth-order valence-electron chi connectivity index (χ4n) is 3.17. The number of nitriles is 1. The van der Waals surface area contributed by atoms with Crippen molar-refractivity contribution in [1.29, 1.82) is 5.26 Å². The van der Waals surface area contributed by atoms with E-state index >= 15 is 0 Å². The molecule has 78 valence electrons. The van der Waals surface area contributed by atoms with Crippen LogP contribution < -0.4 is 0 Å². The van der Waals surface area contributed by atoms with Crippen LogP contribution in [0.3, 0.4) is 0 Å². The number of unbranched alkanes of at least 4 members (excludes halogenated alkanes) is 1. The van der Waals surface area contributed by atoms with Crippen molar-refractivity contribution in [1.82, 2.24) is 10.2 Å². The van der Waals surface area contributed by atoms with Gasteiger partial charge >= 0.3 is 0 Å². The van der Waals surface area contributed by atoms with Crippen molar-refractivity contribution in [2.45, 2.75) is 38.5 Å². The standard InChI is InChI=1S/C12H15N3/c1-2-3-4-7-8-5-9-10(6-13)14-15-12(9)11(7)8/h7-8,11H,2-5H2,1H3,(H,14,15). The molecule has 0 aliphatic heterocycles. The van der Waals surface area contributed by atoms with Gasteiger partial charge in [0, 0.05) is 17.2 Å². The zero-order valence-electron chi connectivity index (χ0n) is 8.95. The molecule has 3 atom stereocenters. The lowest BCUT2D eigenvalue weighted by molar-refractivity contribution is 0.590. The number of nitrogens with one attached hydrogen (secondary N) is 1. The number of H-pyrrole nitrogens is 1. The van der Waals surface area contributed by atoms with Gasteiger partial charge < -0.3 is 0 Å². The molecule has 1 fully saturated rings. The molecule has 0 bridgehead atoms. The molecule has 3 unspecified atom stereocenters. The number of hydrogen-bond donors (Lipinski definition) is 1. The van der Waals surface area contributed by atoms with Crippen molar-refractivity contribution >= 4 is 0 Å². The molecule has 0 aromatic carbocycles. The first-order valence-electron chi connectivity index (χ1n) is 5.84. The molecule has 3 heteroatoms. The van der Waals surface area contributed by atoms with Gasteiger partial charge in [-0.3, -0.25) is 5.10 Å². The maximum atomic E-state index is 8.87. The van der Waals surface area contributed by atoms with Gasteiger partial charge in [-0.15, -0.1) is 0 Å². The van der Waals surface area contributed by atoms with Crippen LogP contribution in [-0.2, 0) is 6.42 Å². The normalized spacial score (nSPS) is 30.8. The van der Waals surface area contributed by atoms with Crippen LogP contribution in [0.2, 0.25) is 0 Å². The lowest BCUT2D eigenvalue weighted by Gasteiger charge is -2.01. The van der Waals surface area contributed by atoms with Crippen LogP contribution in [0.15, 0.2) is 0 Å². The Hall–Kier alpha value is -1.30. The molecule has 0 saturated heterocycles. The Morgan fingerprint density at radius 3 is 3.20 bits per heavy atom. The lowest BCUT2D eigenvalue weighted by atomic mass is 10.0. The van der Waals surface area contributed by atoms with Gasteiger partial charge in [-0.1, -0.05) is 19.8 Å². The maximum Gasteiger partial charge on any atom is 0.165 e. The number of aromatic amines is 1. The van der Waals surface area contributed by atoms with Crippen molar-refractivity contribution < 1.29 is 0 Å². The highest BCUT2D eigenvalue weighted by molar-refractivity contribution is 5.45. The lowest BCUT2D eigenvalue weighted by Crippen LogP contribution is -1.93. The van der Waals surface area contributed by atoms with Crippen molar-refractivity contribution in [2.75, 3.05) is 0 Å². The highest BCUT2D eigenvalue weighted by Gasteiger charge is 2.56. The first kappa shape index (κ1) is 8.96. The van der Waals surface area contributed by atoms with E-state index in [9.17, 15) is 0 Å². The predicted octanol–water partition coefficient (Wildman–Crippen LogP) is 2.36. The highest BCUT2D eigenvalue weighted by Crippen LogP contribution is 2.62. The minimum absolute atomic E-state index is 0.631. The van der Waals surface area contributed by atoms with Crippen molar-refractivity contribution in [2.24, 2.45) is 11.8 Å². The number of nitrogens with zero attached hydrogens (tertiary/aromatic N) is 2. The summed E-state index contributed by atoms with van der Waals surface area (Å²) in [5, 5.41) is 16.0. The molecule has 1 aromatic heterocycles. The molecular formula is C12H15N3. The quantitative estimate of drug-likeness (QED) is 0.816. The highest BCUT2D eigenvalue weighted by atomic mass is 15.1. The van der Waals surface area contributed by atoms with Gasteiger partial charge in [0.25, 0.3) is 0 Å². The molecule has 0 amide bonds. The number of fused-ring (bicyclic) bond motifs is 3. The molecule has 1 heterocycles. The summed E-state index contributed by atoms with van der Waals surface area (Å²) in [6.45, 7) is 2.24. The topological polar surface area (TPSA) is 52.5 Å². The summed E-state index contributed by atoms with van der Waals surface area (Å²) in [4.78, 5) is 0. The van der Waals surface area contributed by atoms with Gasteiger partial charge in [-0.2, -0.15) is 10.4 Å². The number of rotatable bonds is 3. The van der Waals surface area contributed by atoms with Crippen LogP contribution in [0, 0.1) is 23.2 Å². The average Bonchev–Trinajstić information content (AvgIpc) is 2.62. The maximum absolute atomic E-state index is 8.87. The average molecular weight is 201 g/mol. The van der Waals surface area contributed by atoms with Crippen LogP contribution in [0.4, 0.5) is 0 Å². The van der Waals surface area contributed by atoms with E-state index in [2.05, 4.69) is 23.2 Å². The van der Waals surface area contributed by atoms with Crippen LogP contribution in [0.1, 0.15) is 49.1 Å². The second-order valence-corrected chi connectivity index (χ2v) is 4.78. The molecule has 2 aliphatic rings. The Morgan fingerprint density at radius 2 is 2.47 bits per heavy atom. The van der Waals surface area contributed by atoms with Gasteiger partial charge in [0.1, 0.15) is 6.07 Å². The molecule has 3 rings (SSSR count). The zero-order valence-corrected chi connectivity index (χ0v) is 8.95. The summed E-state index contributed by atoms with van der Waals surface area (Å²) in [6, 6.07) is 2.16. The third kappa shape index (κ3) is 1.14. The molecule has 3 nitrogen and oxygen atoms in total. The van der Waals surface area contributed by atoms with Gasteiger partial charge in [0.2, 0.25) is 0 Å². The SMILES string of the molecule is CCCCC1C2Cc3c(C#N)n[nH]c3C12. The van der Waals surface area contributed by atoms with Crippen LogP contribution >= 0.6 is 0 Å². The number of hydrogen-bond acceptors (Lipinski definition) is 2. The summed E-state index contributed by atoms with van der Waals surface area (Å²) in [5.41, 5.74) is 3.12. The van der Waals surface area contributed by atoms with Crippen molar-refractivity contribution in [3.05, 3.63) is 17.0 Å². The third-order valence-corrected chi connectivity index (χ3v) is 4.00. The minimum Gasteiger partial charge on any atom is -0.281 e. The number of aromatic nitrogens is 2. The second-order valence-electron chi connectivity index (χ2n) is 4.78. The Bertz CT molecular complexity index is 427. The van der Waals surface area contributed by atoms with E-state index in [-0.39, 0.29) is 0 Å². The van der Waals surface area contributed by atoms with Crippen LogP contribution in [0.25, 0.3) is 0 Å². The van der Waals surface area contributed by atoms with E-state index in [1.807, 2.05) is 0 Å². The molecule has 15 heavy (non-hydrogen) atoms. The van der Waals surface area contributed by atoms with E-state index < -0.39 is 0 Å². The Kier molecular flexibility index (Phi) is 1.85. The smallest absolute Gasteiger partial charge is 0.165 e. The van der Waals surface area contributed by atoms with E-state index in [0.717, 1.165) is 18.3 Å². The van der Waals surface area contributed by atoms with Gasteiger partial charge in [0.05, 0.1) is 0 Å². The third-order valence-electron chi connectivity index (χ3n) is 4.00. The molecule has 0 spiro atoms. The Balaban J connectivity index is 1.77. The van der Waals surface area contributed by atoms with Crippen molar-refractivity contribution in [3.8, 4) is 6.07 Å². The molecule has 0 radical (unpaired) electrons. The summed E-state index contributed by atoms with van der Waals surface area (Å²) in [7, 11) is 0. The summed E-state index contributed by atoms with van der Waals surface area (Å²) in [6.07, 6.45) is 5.07. The fourth-order valence-corrected chi connectivity index (χ4v) is 3.17. The second kappa shape index (κ2) is 3.10. The minimum atomic E-state index is 0.631. The molecule has 1 N–H and O–H groups in total. The molecule has 1 saturated carbocycles. The predicted molar refractivity (Wildman–Crippen MR) is 56.3 cm³/mol. The summed E-state index contributed by atoms with van der Waals surface area (Å²) in [5.74, 6) is 2.42. The summed E-state index contributed by atoms with van der Waals surface area (Å²) < 4.78 is 0. The molecule has 2 aliphatic carbocycles. The van der Waals surface area contributed by atoms with E-state index in [1.54, 1.807) is 0 Å². The van der Waals surface area contributed by atoms with Gasteiger partial charge in [-0.05, 0) is 24.7 Å². The van der Waals surface area contributed by atoms with E-state index in [1.165, 1.54) is 30.5 Å². The molecular weight excluding hydrogens is 186 g/mol. The van der Waals surface area contributed by atoms with E-state index in [4.69, 9.17) is 5.26 Å². The Morgan fingerprint density at radius 1 is 1.60 bits per heavy atom. The first-order valence-corrected chi connectivity index (χ1v) is 5.84. The van der Waals surface area contributed by atoms with Gasteiger partial charge in [0.15, 0.2) is 5.69 Å². The Labute approximate surface area is 89.5 Å². The van der Waals surface area contributed by atoms with Gasteiger partial charge in [-0.25, -0.2) is 0 Å². The molecule has 1 aromatic rings. The van der Waals surface area contributed by atoms with Crippen LogP contribution in [-0.4, -0.2) is 10.2 Å². The largest absolute Gasteiger partial charge is 0.281 e. The zero-order chi connectivity index (χ0) is 10.4. The fraction of sp³-hybridized carbons (Fsp3) is 0.667. The monoisotopic (exact) mass is 201 g/mol. The van der Waals surface area contributed by atoms with Crippen molar-refractivity contribution in [3.63, 3.8) is 0 Å². The van der Waals surface area contributed by atoms with E-state index in [0.29, 0.717) is 11.6 Å². The first-order chi connectivity index (χ1) is 7.36. The summed E-state index contributed by atoms with van der Waals surface area (Å²) >= 11 is 0. The van der Waals surface area contributed by atoms with Crippen LogP contribution in [0.5, 0.6) is 0 Å².